The van der Waals surface area contributed by atoms with Crippen LogP contribution in [0.4, 0.5) is 0 Å². The summed E-state index contributed by atoms with van der Waals surface area (Å²) in [6, 6.07) is 0. The number of halogens is 1. The van der Waals surface area contributed by atoms with Gasteiger partial charge in [0, 0.05) is 6.61 Å². The molecule has 16 heavy (non-hydrogen) atoms. The van der Waals surface area contributed by atoms with Gasteiger partial charge in [-0.25, -0.2) is 4.98 Å². The van der Waals surface area contributed by atoms with Crippen LogP contribution in [0.1, 0.15) is 19.8 Å². The van der Waals surface area contributed by atoms with Crippen LogP contribution in [-0.2, 0) is 4.74 Å². The molecule has 0 aliphatic rings. The predicted molar refractivity (Wildman–Crippen MR) is 63.8 cm³/mol. The Kier molecular flexibility index (Phi) is 6.10. The summed E-state index contributed by atoms with van der Waals surface area (Å²) in [6.07, 6.45) is 3.47. The summed E-state index contributed by atoms with van der Waals surface area (Å²) in [5, 5.41) is 0. The van der Waals surface area contributed by atoms with Crippen LogP contribution in [0.3, 0.4) is 0 Å². The topological polar surface area (TPSA) is 64.2 Å². The summed E-state index contributed by atoms with van der Waals surface area (Å²) in [7, 11) is 0. The minimum Gasteiger partial charge on any atom is -0.474 e. The predicted octanol–water partition coefficient (Wildman–Crippen LogP) is 1.73. The molecule has 0 unspecified atom stereocenters. The molecular formula is C10H15BrN2O3. The van der Waals surface area contributed by atoms with E-state index in [1.807, 2.05) is 0 Å². The third kappa shape index (κ3) is 4.32. The number of hydrogen-bond donors (Lipinski definition) is 1. The first kappa shape index (κ1) is 13.2. The van der Waals surface area contributed by atoms with Crippen molar-refractivity contribution in [2.24, 2.45) is 0 Å². The van der Waals surface area contributed by atoms with E-state index in [1.165, 1.54) is 6.33 Å². The second-order valence-electron chi connectivity index (χ2n) is 3.17. The molecule has 1 aromatic rings. The zero-order valence-electron chi connectivity index (χ0n) is 9.16. The zero-order chi connectivity index (χ0) is 11.8. The molecule has 0 bridgehead atoms. The molecular weight excluding hydrogens is 276 g/mol. The fraction of sp³-hybridized carbons (Fsp3) is 0.600. The normalized spacial score (nSPS) is 10.4. The zero-order valence-corrected chi connectivity index (χ0v) is 10.7. The van der Waals surface area contributed by atoms with E-state index in [0.29, 0.717) is 23.6 Å². The molecule has 0 aromatic carbocycles. The van der Waals surface area contributed by atoms with Crippen molar-refractivity contribution in [2.45, 2.75) is 19.8 Å². The van der Waals surface area contributed by atoms with Gasteiger partial charge in [-0.05, 0) is 22.4 Å². The third-order valence-corrected chi connectivity index (χ3v) is 2.57. The number of rotatable bonds is 7. The molecule has 0 radical (unpaired) electrons. The highest BCUT2D eigenvalue weighted by Crippen LogP contribution is 2.15. The number of hydrogen-bond acceptors (Lipinski definition) is 4. The van der Waals surface area contributed by atoms with Crippen molar-refractivity contribution in [3.05, 3.63) is 21.2 Å². The SMILES string of the molecule is CCCCOCCOc1nc[nH]c(=O)c1Br. The van der Waals surface area contributed by atoms with Crippen molar-refractivity contribution in [3.63, 3.8) is 0 Å². The molecule has 0 saturated heterocycles. The summed E-state index contributed by atoms with van der Waals surface area (Å²) < 4.78 is 10.9. The maximum Gasteiger partial charge on any atom is 0.268 e. The fourth-order valence-electron chi connectivity index (χ4n) is 1.01. The van der Waals surface area contributed by atoms with Gasteiger partial charge < -0.3 is 14.5 Å². The maximum atomic E-state index is 11.2. The second-order valence-corrected chi connectivity index (χ2v) is 3.96. The quantitative estimate of drug-likeness (QED) is 0.777. The lowest BCUT2D eigenvalue weighted by Crippen LogP contribution is -2.13. The van der Waals surface area contributed by atoms with Gasteiger partial charge >= 0.3 is 0 Å². The van der Waals surface area contributed by atoms with Crippen molar-refractivity contribution >= 4 is 15.9 Å². The van der Waals surface area contributed by atoms with Crippen molar-refractivity contribution in [2.75, 3.05) is 19.8 Å². The van der Waals surface area contributed by atoms with E-state index in [9.17, 15) is 4.79 Å². The number of H-pyrrole nitrogens is 1. The van der Waals surface area contributed by atoms with Crippen LogP contribution in [0.2, 0.25) is 0 Å². The van der Waals surface area contributed by atoms with Gasteiger partial charge in [0.15, 0.2) is 0 Å². The van der Waals surface area contributed by atoms with Gasteiger partial charge in [0.2, 0.25) is 5.88 Å². The second kappa shape index (κ2) is 7.40. The molecule has 0 aliphatic heterocycles. The van der Waals surface area contributed by atoms with Gasteiger partial charge in [-0.1, -0.05) is 13.3 Å². The number of unbranched alkanes of at least 4 members (excludes halogenated alkanes) is 1. The van der Waals surface area contributed by atoms with Gasteiger partial charge in [0.05, 0.1) is 12.9 Å². The van der Waals surface area contributed by atoms with Crippen molar-refractivity contribution in [1.82, 2.24) is 9.97 Å². The first-order valence-corrected chi connectivity index (χ1v) is 5.98. The Morgan fingerprint density at radius 3 is 3.00 bits per heavy atom. The summed E-state index contributed by atoms with van der Waals surface area (Å²) >= 11 is 3.10. The Labute approximate surface area is 102 Å². The molecule has 5 nitrogen and oxygen atoms in total. The van der Waals surface area contributed by atoms with Crippen LogP contribution < -0.4 is 10.3 Å². The fourth-order valence-corrected chi connectivity index (χ4v) is 1.34. The van der Waals surface area contributed by atoms with Gasteiger partial charge in [0.1, 0.15) is 11.1 Å². The van der Waals surface area contributed by atoms with E-state index in [4.69, 9.17) is 9.47 Å². The summed E-state index contributed by atoms with van der Waals surface area (Å²) in [4.78, 5) is 17.5. The average Bonchev–Trinajstić information content (AvgIpc) is 2.29. The molecule has 1 rings (SSSR count). The molecule has 0 atom stereocenters. The standard InChI is InChI=1S/C10H15BrN2O3/c1-2-3-4-15-5-6-16-10-8(11)9(14)12-7-13-10/h7H,2-6H2,1H3,(H,12,13,14). The van der Waals surface area contributed by atoms with E-state index < -0.39 is 0 Å². The lowest BCUT2D eigenvalue weighted by Gasteiger charge is -2.06. The number of aromatic amines is 1. The van der Waals surface area contributed by atoms with E-state index in [1.54, 1.807) is 0 Å². The molecule has 6 heteroatoms. The number of aromatic nitrogens is 2. The average molecular weight is 291 g/mol. The molecule has 90 valence electrons. The smallest absolute Gasteiger partial charge is 0.268 e. The van der Waals surface area contributed by atoms with Crippen LogP contribution in [0, 0.1) is 0 Å². The van der Waals surface area contributed by atoms with E-state index >= 15 is 0 Å². The number of ether oxygens (including phenoxy) is 2. The summed E-state index contributed by atoms with van der Waals surface area (Å²) in [5.74, 6) is 0.294. The van der Waals surface area contributed by atoms with E-state index in [2.05, 4.69) is 32.8 Å². The van der Waals surface area contributed by atoms with Gasteiger partial charge in [0.25, 0.3) is 5.56 Å². The third-order valence-electron chi connectivity index (χ3n) is 1.87. The first-order valence-electron chi connectivity index (χ1n) is 5.19. The van der Waals surface area contributed by atoms with Crippen molar-refractivity contribution in [3.8, 4) is 5.88 Å². The van der Waals surface area contributed by atoms with Crippen molar-refractivity contribution in [1.29, 1.82) is 0 Å². The molecule has 0 amide bonds. The van der Waals surface area contributed by atoms with Crippen LogP contribution in [0.15, 0.2) is 15.6 Å². The largest absolute Gasteiger partial charge is 0.474 e. The van der Waals surface area contributed by atoms with Crippen LogP contribution >= 0.6 is 15.9 Å². The highest BCUT2D eigenvalue weighted by atomic mass is 79.9. The van der Waals surface area contributed by atoms with Crippen LogP contribution in [0.25, 0.3) is 0 Å². The van der Waals surface area contributed by atoms with Gasteiger partial charge in [-0.3, -0.25) is 4.79 Å². The van der Waals surface area contributed by atoms with Gasteiger partial charge in [-0.15, -0.1) is 0 Å². The summed E-state index contributed by atoms with van der Waals surface area (Å²) in [6.45, 7) is 3.74. The van der Waals surface area contributed by atoms with E-state index in [0.717, 1.165) is 19.4 Å². The highest BCUT2D eigenvalue weighted by molar-refractivity contribution is 9.10. The summed E-state index contributed by atoms with van der Waals surface area (Å²) in [5.41, 5.74) is -0.253. The Balaban J connectivity index is 2.27. The lowest BCUT2D eigenvalue weighted by molar-refractivity contribution is 0.0961. The minimum absolute atomic E-state index is 0.253. The monoisotopic (exact) mass is 290 g/mol. The molecule has 0 saturated carbocycles. The van der Waals surface area contributed by atoms with Crippen molar-refractivity contribution < 1.29 is 9.47 Å². The molecule has 1 aromatic heterocycles. The molecule has 0 fully saturated rings. The number of nitrogens with zero attached hydrogens (tertiary/aromatic N) is 1. The van der Waals surface area contributed by atoms with Crippen LogP contribution in [0.5, 0.6) is 5.88 Å². The highest BCUT2D eigenvalue weighted by Gasteiger charge is 2.05. The Bertz CT molecular complexity index is 367. The Morgan fingerprint density at radius 1 is 1.44 bits per heavy atom. The molecule has 0 aliphatic carbocycles. The Hall–Kier alpha value is -0.880. The molecule has 1 N–H and O–H groups in total. The Morgan fingerprint density at radius 2 is 2.25 bits per heavy atom. The lowest BCUT2D eigenvalue weighted by atomic mass is 10.4. The first-order chi connectivity index (χ1) is 7.75. The van der Waals surface area contributed by atoms with Crippen LogP contribution in [-0.4, -0.2) is 29.8 Å². The maximum absolute atomic E-state index is 11.2. The molecule has 1 heterocycles. The van der Waals surface area contributed by atoms with Gasteiger partial charge in [-0.2, -0.15) is 0 Å². The minimum atomic E-state index is -0.253. The molecule has 0 spiro atoms. The number of nitrogens with one attached hydrogen (secondary N) is 1. The van der Waals surface area contributed by atoms with E-state index in [-0.39, 0.29) is 5.56 Å².